The highest BCUT2D eigenvalue weighted by Crippen LogP contribution is 2.14. The van der Waals surface area contributed by atoms with Gasteiger partial charge in [0.2, 0.25) is 17.8 Å². The first kappa shape index (κ1) is 20.5. The Morgan fingerprint density at radius 3 is 2.45 bits per heavy atom. The number of anilines is 3. The van der Waals surface area contributed by atoms with Crippen molar-refractivity contribution >= 4 is 24.1 Å². The summed E-state index contributed by atoms with van der Waals surface area (Å²) in [7, 11) is 0. The fourth-order valence-electron chi connectivity index (χ4n) is 2.90. The maximum atomic E-state index is 9.86. The van der Waals surface area contributed by atoms with E-state index in [0.717, 1.165) is 18.7 Å². The summed E-state index contributed by atoms with van der Waals surface area (Å²) in [6.45, 7) is 3.32. The van der Waals surface area contributed by atoms with Crippen molar-refractivity contribution in [3.05, 3.63) is 65.7 Å². The van der Waals surface area contributed by atoms with Crippen molar-refractivity contribution in [2.75, 3.05) is 42.5 Å². The molecule has 0 atom stereocenters. The van der Waals surface area contributed by atoms with E-state index in [4.69, 9.17) is 4.74 Å². The minimum Gasteiger partial charge on any atom is -0.507 e. The summed E-state index contributed by atoms with van der Waals surface area (Å²) < 4.78 is 5.38. The van der Waals surface area contributed by atoms with Crippen LogP contribution < -0.4 is 16.2 Å². The number of nitrogens with one attached hydrogen (secondary N) is 3. The molecule has 0 radical (unpaired) electrons. The number of hydrogen-bond acceptors (Lipinski definition) is 10. The molecule has 0 unspecified atom stereocenters. The molecule has 4 rings (SSSR count). The average molecular weight is 420 g/mol. The number of aromatic nitrogens is 3. The van der Waals surface area contributed by atoms with Gasteiger partial charge in [0.05, 0.1) is 19.4 Å². The zero-order chi connectivity index (χ0) is 21.3. The molecule has 1 aliphatic heterocycles. The van der Waals surface area contributed by atoms with Gasteiger partial charge in [0.25, 0.3) is 0 Å². The molecule has 0 saturated carbocycles. The third kappa shape index (κ3) is 6.11. The summed E-state index contributed by atoms with van der Waals surface area (Å²) in [5, 5.41) is 19.2. The zero-order valence-electron chi connectivity index (χ0n) is 16.9. The van der Waals surface area contributed by atoms with Gasteiger partial charge in [-0.1, -0.05) is 42.5 Å². The first-order valence-corrected chi connectivity index (χ1v) is 9.96. The molecule has 0 spiro atoms. The molecule has 10 heteroatoms. The maximum absolute atomic E-state index is 9.86. The summed E-state index contributed by atoms with van der Waals surface area (Å²) in [4.78, 5) is 13.2. The van der Waals surface area contributed by atoms with E-state index in [0.29, 0.717) is 37.2 Å². The van der Waals surface area contributed by atoms with Crippen molar-refractivity contribution in [3.63, 3.8) is 0 Å². The Morgan fingerprint density at radius 1 is 0.935 bits per heavy atom. The van der Waals surface area contributed by atoms with Crippen LogP contribution in [0.4, 0.5) is 17.8 Å². The lowest BCUT2D eigenvalue weighted by Gasteiger charge is -2.26. The lowest BCUT2D eigenvalue weighted by molar-refractivity contribution is 0.0492. The summed E-state index contributed by atoms with van der Waals surface area (Å²) in [6.07, 6.45) is 1.51. The van der Waals surface area contributed by atoms with Gasteiger partial charge in [0.1, 0.15) is 5.75 Å². The Bertz CT molecular complexity index is 1010. The van der Waals surface area contributed by atoms with Gasteiger partial charge in [0, 0.05) is 25.2 Å². The highest BCUT2D eigenvalue weighted by atomic mass is 16.5. The second-order valence-corrected chi connectivity index (χ2v) is 6.79. The largest absolute Gasteiger partial charge is 0.507 e. The standard InChI is InChI=1S/C21H24N8O2/c30-18-9-5-4-8-17(18)15-23-27-20-24-19(22-14-16-6-2-1-3-7-16)25-21(26-20)28-29-10-12-31-13-11-29/h1-9,15,30H,10-14H2,(H3,22,24,25,26,27,28)/b23-15+. The highest BCUT2D eigenvalue weighted by molar-refractivity contribution is 5.83. The molecule has 1 aromatic heterocycles. The topological polar surface area (TPSA) is 120 Å². The molecule has 4 N–H and O–H groups in total. The SMILES string of the molecule is Oc1ccccc1/C=N/Nc1nc(NCc2ccccc2)nc(NN2CCOCC2)n1. The van der Waals surface area contributed by atoms with Crippen molar-refractivity contribution in [3.8, 4) is 5.75 Å². The number of para-hydroxylation sites is 1. The second-order valence-electron chi connectivity index (χ2n) is 6.79. The molecule has 1 saturated heterocycles. The van der Waals surface area contributed by atoms with E-state index in [1.807, 2.05) is 41.4 Å². The number of nitrogens with zero attached hydrogens (tertiary/aromatic N) is 5. The van der Waals surface area contributed by atoms with Crippen LogP contribution in [-0.2, 0) is 11.3 Å². The summed E-state index contributed by atoms with van der Waals surface area (Å²) in [6, 6.07) is 16.9. The molecule has 3 aromatic rings. The van der Waals surface area contributed by atoms with Crippen LogP contribution >= 0.6 is 0 Å². The van der Waals surface area contributed by atoms with Gasteiger partial charge < -0.3 is 15.2 Å². The Labute approximate surface area is 180 Å². The van der Waals surface area contributed by atoms with Crippen LogP contribution in [-0.4, -0.2) is 57.6 Å². The maximum Gasteiger partial charge on any atom is 0.250 e. The molecule has 0 bridgehead atoms. The van der Waals surface area contributed by atoms with E-state index in [9.17, 15) is 5.11 Å². The van der Waals surface area contributed by atoms with Crippen LogP contribution in [0.3, 0.4) is 0 Å². The van der Waals surface area contributed by atoms with Gasteiger partial charge in [-0.15, -0.1) is 0 Å². The minimum atomic E-state index is 0.142. The number of phenols is 1. The van der Waals surface area contributed by atoms with E-state index in [1.165, 1.54) is 6.21 Å². The molecule has 2 heterocycles. The lowest BCUT2D eigenvalue weighted by atomic mass is 10.2. The van der Waals surface area contributed by atoms with Crippen LogP contribution in [0.1, 0.15) is 11.1 Å². The van der Waals surface area contributed by atoms with E-state index in [2.05, 4.69) is 36.2 Å². The minimum absolute atomic E-state index is 0.142. The number of hydrogen-bond donors (Lipinski definition) is 4. The van der Waals surface area contributed by atoms with E-state index in [1.54, 1.807) is 18.2 Å². The lowest BCUT2D eigenvalue weighted by Crippen LogP contribution is -2.40. The fraction of sp³-hybridized carbons (Fsp3) is 0.238. The molecular weight excluding hydrogens is 396 g/mol. The molecule has 31 heavy (non-hydrogen) atoms. The van der Waals surface area contributed by atoms with Crippen LogP contribution in [0.15, 0.2) is 59.7 Å². The summed E-state index contributed by atoms with van der Waals surface area (Å²) in [5.41, 5.74) is 7.70. The first-order valence-electron chi connectivity index (χ1n) is 9.96. The predicted octanol–water partition coefficient (Wildman–Crippen LogP) is 2.29. The van der Waals surface area contributed by atoms with Crippen molar-refractivity contribution in [1.29, 1.82) is 0 Å². The molecule has 0 amide bonds. The van der Waals surface area contributed by atoms with Crippen molar-refractivity contribution in [2.24, 2.45) is 5.10 Å². The number of rotatable bonds is 8. The van der Waals surface area contributed by atoms with Gasteiger partial charge in [-0.3, -0.25) is 5.43 Å². The number of hydrazone groups is 1. The number of hydrazine groups is 1. The third-order valence-electron chi connectivity index (χ3n) is 4.50. The number of phenolic OH excluding ortho intramolecular Hbond substituents is 1. The predicted molar refractivity (Wildman–Crippen MR) is 119 cm³/mol. The van der Waals surface area contributed by atoms with Crippen molar-refractivity contribution in [1.82, 2.24) is 20.0 Å². The Morgan fingerprint density at radius 2 is 1.65 bits per heavy atom. The molecule has 0 aliphatic carbocycles. The number of ether oxygens (including phenoxy) is 1. The van der Waals surface area contributed by atoms with Crippen molar-refractivity contribution in [2.45, 2.75) is 6.54 Å². The molecular formula is C21H24N8O2. The number of benzene rings is 2. The fourth-order valence-corrected chi connectivity index (χ4v) is 2.90. The zero-order valence-corrected chi connectivity index (χ0v) is 16.9. The molecule has 2 aromatic carbocycles. The Hall–Kier alpha value is -3.76. The third-order valence-corrected chi connectivity index (χ3v) is 4.50. The smallest absolute Gasteiger partial charge is 0.250 e. The van der Waals surface area contributed by atoms with Crippen LogP contribution in [0.25, 0.3) is 0 Å². The van der Waals surface area contributed by atoms with E-state index < -0.39 is 0 Å². The number of aromatic hydroxyl groups is 1. The molecule has 160 valence electrons. The van der Waals surface area contributed by atoms with E-state index in [-0.39, 0.29) is 11.7 Å². The Balaban J connectivity index is 1.49. The quantitative estimate of drug-likeness (QED) is 0.321. The average Bonchev–Trinajstić information content (AvgIpc) is 2.80. The van der Waals surface area contributed by atoms with E-state index >= 15 is 0 Å². The van der Waals surface area contributed by atoms with Gasteiger partial charge in [0.15, 0.2) is 0 Å². The highest BCUT2D eigenvalue weighted by Gasteiger charge is 2.13. The summed E-state index contributed by atoms with van der Waals surface area (Å²) in [5.74, 6) is 1.22. The van der Waals surface area contributed by atoms with Gasteiger partial charge in [-0.25, -0.2) is 10.4 Å². The molecule has 1 fully saturated rings. The normalized spacial score (nSPS) is 14.5. The van der Waals surface area contributed by atoms with Crippen LogP contribution in [0, 0.1) is 0 Å². The number of morpholine rings is 1. The monoisotopic (exact) mass is 420 g/mol. The Kier molecular flexibility index (Phi) is 6.83. The molecule has 10 nitrogen and oxygen atoms in total. The van der Waals surface area contributed by atoms with Crippen molar-refractivity contribution < 1.29 is 9.84 Å². The van der Waals surface area contributed by atoms with Crippen LogP contribution in [0.2, 0.25) is 0 Å². The second kappa shape index (κ2) is 10.3. The molecule has 1 aliphatic rings. The summed E-state index contributed by atoms with van der Waals surface area (Å²) >= 11 is 0. The first-order chi connectivity index (χ1) is 15.3. The van der Waals surface area contributed by atoms with Gasteiger partial charge >= 0.3 is 0 Å². The van der Waals surface area contributed by atoms with Gasteiger partial charge in [-0.05, 0) is 17.7 Å². The van der Waals surface area contributed by atoms with Gasteiger partial charge in [-0.2, -0.15) is 20.1 Å². The van der Waals surface area contributed by atoms with Crippen LogP contribution in [0.5, 0.6) is 5.75 Å².